The van der Waals surface area contributed by atoms with Crippen LogP contribution in [0.25, 0.3) is 10.8 Å². The number of nitrogen functional groups attached to an aromatic ring is 1. The number of nitrogens with one attached hydrogen (secondary N) is 1. The molecule has 1 aliphatic rings. The summed E-state index contributed by atoms with van der Waals surface area (Å²) in [7, 11) is 0. The molecule has 3 N–H and O–H groups in total. The van der Waals surface area contributed by atoms with Gasteiger partial charge in [0.2, 0.25) is 5.91 Å². The Morgan fingerprint density at radius 3 is 2.95 bits per heavy atom. The van der Waals surface area contributed by atoms with Crippen LogP contribution < -0.4 is 11.1 Å². The Bertz CT molecular complexity index is 678. The summed E-state index contributed by atoms with van der Waals surface area (Å²) in [6, 6.07) is 3.26. The van der Waals surface area contributed by atoms with Crippen LogP contribution in [0.2, 0.25) is 5.15 Å². The fourth-order valence-electron chi connectivity index (χ4n) is 1.86. The lowest BCUT2D eigenvalue weighted by Crippen LogP contribution is -2.15. The van der Waals surface area contributed by atoms with Gasteiger partial charge in [0.15, 0.2) is 0 Å². The molecule has 2 heterocycles. The van der Waals surface area contributed by atoms with E-state index in [9.17, 15) is 9.18 Å². The second kappa shape index (κ2) is 4.31. The molecule has 5 nitrogen and oxygen atoms in total. The lowest BCUT2D eigenvalue weighted by Gasteiger charge is -2.06. The summed E-state index contributed by atoms with van der Waals surface area (Å²) < 4.78 is 12.8. The van der Waals surface area contributed by atoms with Gasteiger partial charge in [0.1, 0.15) is 23.0 Å². The van der Waals surface area contributed by atoms with Gasteiger partial charge in [-0.15, -0.1) is 0 Å². The van der Waals surface area contributed by atoms with Crippen molar-refractivity contribution in [1.29, 1.82) is 0 Å². The van der Waals surface area contributed by atoms with Gasteiger partial charge in [0.25, 0.3) is 0 Å². The molecular weight excluding hydrogens is 271 g/mol. The standard InChI is InChI=1S/C12H10ClFN4O/c13-9-1-5-2-10(16-4-7(5)11(15)17-9)18-12(19)6-3-8(6)14/h1-2,4,6,8H,3H2,(H2,15,17)(H,16,18,19)/t6-,8-/m1/s1. The summed E-state index contributed by atoms with van der Waals surface area (Å²) in [4.78, 5) is 19.6. The number of hydrogen-bond donors (Lipinski definition) is 2. The second-order valence-electron chi connectivity index (χ2n) is 4.47. The number of nitrogens with two attached hydrogens (primary N) is 1. The van der Waals surface area contributed by atoms with Gasteiger partial charge in [0, 0.05) is 11.6 Å². The summed E-state index contributed by atoms with van der Waals surface area (Å²) in [6.45, 7) is 0. The number of hydrogen-bond acceptors (Lipinski definition) is 4. The molecule has 3 rings (SSSR count). The Labute approximate surface area is 113 Å². The van der Waals surface area contributed by atoms with E-state index in [1.165, 1.54) is 6.20 Å². The predicted octanol–water partition coefficient (Wildman–Crippen LogP) is 2.16. The minimum atomic E-state index is -1.03. The predicted molar refractivity (Wildman–Crippen MR) is 70.6 cm³/mol. The maximum Gasteiger partial charge on any atom is 0.231 e. The third-order valence-electron chi connectivity index (χ3n) is 3.01. The van der Waals surface area contributed by atoms with Crippen LogP contribution in [0, 0.1) is 5.92 Å². The van der Waals surface area contributed by atoms with Gasteiger partial charge in [-0.2, -0.15) is 0 Å². The van der Waals surface area contributed by atoms with Crippen LogP contribution in [0.3, 0.4) is 0 Å². The van der Waals surface area contributed by atoms with Gasteiger partial charge in [-0.3, -0.25) is 4.79 Å². The Balaban J connectivity index is 1.91. The molecule has 0 saturated heterocycles. The monoisotopic (exact) mass is 280 g/mol. The SMILES string of the molecule is Nc1nc(Cl)cc2cc(NC(=O)[C@@H]3C[C@H]3F)ncc12. The molecule has 1 saturated carbocycles. The first-order chi connectivity index (χ1) is 9.04. The lowest BCUT2D eigenvalue weighted by molar-refractivity contribution is -0.117. The van der Waals surface area contributed by atoms with Gasteiger partial charge in [-0.1, -0.05) is 11.6 Å². The number of amides is 1. The van der Waals surface area contributed by atoms with Crippen molar-refractivity contribution in [3.8, 4) is 0 Å². The number of nitrogens with zero attached hydrogens (tertiary/aromatic N) is 2. The van der Waals surface area contributed by atoms with Gasteiger partial charge >= 0.3 is 0 Å². The number of carbonyl (C=O) groups excluding carboxylic acids is 1. The number of halogens is 2. The van der Waals surface area contributed by atoms with Crippen LogP contribution >= 0.6 is 11.6 Å². The zero-order valence-electron chi connectivity index (χ0n) is 9.73. The molecule has 2 atom stereocenters. The van der Waals surface area contributed by atoms with Crippen molar-refractivity contribution in [1.82, 2.24) is 9.97 Å². The van der Waals surface area contributed by atoms with E-state index in [2.05, 4.69) is 15.3 Å². The van der Waals surface area contributed by atoms with Crippen LogP contribution in [0.1, 0.15) is 6.42 Å². The number of aromatic nitrogens is 2. The van der Waals surface area contributed by atoms with Crippen molar-refractivity contribution >= 4 is 39.9 Å². The van der Waals surface area contributed by atoms with Crippen LogP contribution in [0.4, 0.5) is 16.0 Å². The zero-order valence-corrected chi connectivity index (χ0v) is 10.5. The summed E-state index contributed by atoms with van der Waals surface area (Å²) >= 11 is 5.81. The third kappa shape index (κ3) is 2.31. The number of pyridine rings is 2. The highest BCUT2D eigenvalue weighted by Gasteiger charge is 2.43. The Hall–Kier alpha value is -1.95. The number of carbonyl (C=O) groups is 1. The van der Waals surface area contributed by atoms with Crippen molar-refractivity contribution in [2.45, 2.75) is 12.6 Å². The molecule has 0 aromatic carbocycles. The molecular formula is C12H10ClFN4O. The van der Waals surface area contributed by atoms with Gasteiger partial charge in [-0.05, 0) is 23.9 Å². The first kappa shape index (κ1) is 12.1. The van der Waals surface area contributed by atoms with Gasteiger partial charge < -0.3 is 11.1 Å². The molecule has 0 aliphatic heterocycles. The number of alkyl halides is 1. The van der Waals surface area contributed by atoms with Gasteiger partial charge in [-0.25, -0.2) is 14.4 Å². The average molecular weight is 281 g/mol. The van der Waals surface area contributed by atoms with E-state index in [4.69, 9.17) is 17.3 Å². The molecule has 0 unspecified atom stereocenters. The molecule has 7 heteroatoms. The smallest absolute Gasteiger partial charge is 0.231 e. The quantitative estimate of drug-likeness (QED) is 0.826. The van der Waals surface area contributed by atoms with E-state index in [1.54, 1.807) is 12.1 Å². The van der Waals surface area contributed by atoms with Gasteiger partial charge in [0.05, 0.1) is 5.92 Å². The van der Waals surface area contributed by atoms with Crippen LogP contribution in [0.15, 0.2) is 18.3 Å². The Morgan fingerprint density at radius 1 is 1.53 bits per heavy atom. The van der Waals surface area contributed by atoms with Crippen LogP contribution in [-0.2, 0) is 4.79 Å². The number of rotatable bonds is 2. The molecule has 0 radical (unpaired) electrons. The molecule has 1 fully saturated rings. The zero-order chi connectivity index (χ0) is 13.6. The molecule has 2 aromatic rings. The highest BCUT2D eigenvalue weighted by atomic mass is 35.5. The molecule has 2 aromatic heterocycles. The number of fused-ring (bicyclic) bond motifs is 1. The van der Waals surface area contributed by atoms with E-state index in [-0.39, 0.29) is 23.3 Å². The first-order valence-corrected chi connectivity index (χ1v) is 6.09. The van der Waals surface area contributed by atoms with E-state index in [1.807, 2.05) is 0 Å². The van der Waals surface area contributed by atoms with E-state index >= 15 is 0 Å². The van der Waals surface area contributed by atoms with Crippen molar-refractivity contribution in [3.05, 3.63) is 23.5 Å². The van der Waals surface area contributed by atoms with Crippen molar-refractivity contribution in [2.24, 2.45) is 5.92 Å². The average Bonchev–Trinajstić information content (AvgIpc) is 3.05. The Kier molecular flexibility index (Phi) is 2.74. The largest absolute Gasteiger partial charge is 0.383 e. The Morgan fingerprint density at radius 2 is 2.26 bits per heavy atom. The van der Waals surface area contributed by atoms with Crippen molar-refractivity contribution in [3.63, 3.8) is 0 Å². The normalized spacial score (nSPS) is 21.4. The lowest BCUT2D eigenvalue weighted by atomic mass is 10.2. The highest BCUT2D eigenvalue weighted by Crippen LogP contribution is 2.34. The molecule has 0 bridgehead atoms. The molecule has 98 valence electrons. The number of anilines is 2. The van der Waals surface area contributed by atoms with E-state index in [0.717, 1.165) is 5.39 Å². The fourth-order valence-corrected chi connectivity index (χ4v) is 2.07. The molecule has 0 spiro atoms. The van der Waals surface area contributed by atoms with Crippen LogP contribution in [-0.4, -0.2) is 22.0 Å². The summed E-state index contributed by atoms with van der Waals surface area (Å²) in [6.07, 6.45) is 0.751. The fraction of sp³-hybridized carbons (Fsp3) is 0.250. The maximum atomic E-state index is 12.8. The molecule has 1 aliphatic carbocycles. The first-order valence-electron chi connectivity index (χ1n) is 5.71. The second-order valence-corrected chi connectivity index (χ2v) is 4.86. The summed E-state index contributed by atoms with van der Waals surface area (Å²) in [5.41, 5.74) is 5.71. The summed E-state index contributed by atoms with van der Waals surface area (Å²) in [5.74, 6) is -0.284. The topological polar surface area (TPSA) is 80.9 Å². The van der Waals surface area contributed by atoms with Crippen LogP contribution in [0.5, 0.6) is 0 Å². The highest BCUT2D eigenvalue weighted by molar-refractivity contribution is 6.30. The molecule has 1 amide bonds. The molecule has 19 heavy (non-hydrogen) atoms. The maximum absolute atomic E-state index is 12.8. The minimum Gasteiger partial charge on any atom is -0.383 e. The van der Waals surface area contributed by atoms with E-state index < -0.39 is 12.1 Å². The minimum absolute atomic E-state index is 0.263. The van der Waals surface area contributed by atoms with Crippen molar-refractivity contribution in [2.75, 3.05) is 11.1 Å². The summed E-state index contributed by atoms with van der Waals surface area (Å²) in [5, 5.41) is 4.20. The third-order valence-corrected chi connectivity index (χ3v) is 3.21. The van der Waals surface area contributed by atoms with E-state index in [0.29, 0.717) is 11.2 Å². The van der Waals surface area contributed by atoms with Crippen molar-refractivity contribution < 1.29 is 9.18 Å².